The standard InChI is InChI=1S/C21H21N3O5/c1-29-10-2-9-24-20(27)16-8-7-15(11-17(16)21(24)28)19(26)23-12-13-3-5-14(6-4-13)18(22)25/h3-8,11H,2,9-10,12H2,1H3,(H2,22,25)(H,23,26). The lowest BCUT2D eigenvalue weighted by Crippen LogP contribution is -2.31. The van der Waals surface area contributed by atoms with Gasteiger partial charge in [0, 0.05) is 37.9 Å². The molecular formula is C21H21N3O5. The Bertz CT molecular complexity index is 969. The Balaban J connectivity index is 1.67. The van der Waals surface area contributed by atoms with E-state index in [0.717, 1.165) is 5.56 Å². The largest absolute Gasteiger partial charge is 0.385 e. The van der Waals surface area contributed by atoms with Crippen molar-refractivity contribution in [1.82, 2.24) is 10.2 Å². The van der Waals surface area contributed by atoms with E-state index in [4.69, 9.17) is 10.5 Å². The van der Waals surface area contributed by atoms with Crippen LogP contribution in [0.25, 0.3) is 0 Å². The Morgan fingerprint density at radius 1 is 1.00 bits per heavy atom. The number of nitrogens with two attached hydrogens (primary N) is 1. The molecule has 0 radical (unpaired) electrons. The zero-order chi connectivity index (χ0) is 21.0. The van der Waals surface area contributed by atoms with Crippen LogP contribution in [0.1, 0.15) is 53.4 Å². The highest BCUT2D eigenvalue weighted by Crippen LogP contribution is 2.24. The first-order chi connectivity index (χ1) is 13.9. The number of carbonyl (C=O) groups excluding carboxylic acids is 4. The zero-order valence-electron chi connectivity index (χ0n) is 15.9. The van der Waals surface area contributed by atoms with Gasteiger partial charge in [0.1, 0.15) is 0 Å². The lowest BCUT2D eigenvalue weighted by molar-refractivity contribution is 0.0638. The molecule has 3 N–H and O–H groups in total. The highest BCUT2D eigenvalue weighted by molar-refractivity contribution is 6.22. The Labute approximate surface area is 167 Å². The van der Waals surface area contributed by atoms with Gasteiger partial charge in [0.2, 0.25) is 5.91 Å². The van der Waals surface area contributed by atoms with E-state index in [9.17, 15) is 19.2 Å². The van der Waals surface area contributed by atoms with Crippen molar-refractivity contribution in [2.45, 2.75) is 13.0 Å². The van der Waals surface area contributed by atoms with Gasteiger partial charge < -0.3 is 15.8 Å². The molecule has 0 bridgehead atoms. The fourth-order valence-electron chi connectivity index (χ4n) is 3.07. The molecule has 0 aliphatic carbocycles. The second-order valence-corrected chi connectivity index (χ2v) is 6.61. The molecule has 2 aromatic rings. The lowest BCUT2D eigenvalue weighted by Gasteiger charge is -2.12. The van der Waals surface area contributed by atoms with Crippen LogP contribution < -0.4 is 11.1 Å². The average Bonchev–Trinajstić information content (AvgIpc) is 2.96. The highest BCUT2D eigenvalue weighted by atomic mass is 16.5. The van der Waals surface area contributed by atoms with Crippen molar-refractivity contribution >= 4 is 23.6 Å². The number of imide groups is 1. The first-order valence-corrected chi connectivity index (χ1v) is 9.08. The van der Waals surface area contributed by atoms with Gasteiger partial charge in [-0.2, -0.15) is 0 Å². The number of nitrogens with zero attached hydrogens (tertiary/aromatic N) is 1. The summed E-state index contributed by atoms with van der Waals surface area (Å²) in [5, 5.41) is 2.75. The van der Waals surface area contributed by atoms with Gasteiger partial charge in [0.25, 0.3) is 17.7 Å². The van der Waals surface area contributed by atoms with E-state index in [-0.39, 0.29) is 36.0 Å². The quantitative estimate of drug-likeness (QED) is 0.517. The minimum absolute atomic E-state index is 0.228. The van der Waals surface area contributed by atoms with Crippen molar-refractivity contribution in [3.63, 3.8) is 0 Å². The van der Waals surface area contributed by atoms with Crippen LogP contribution >= 0.6 is 0 Å². The molecule has 0 saturated heterocycles. The molecule has 0 saturated carbocycles. The number of primary amides is 1. The summed E-state index contributed by atoms with van der Waals surface area (Å²) in [7, 11) is 1.55. The molecule has 3 rings (SSSR count). The second kappa shape index (κ2) is 8.66. The van der Waals surface area contributed by atoms with Crippen molar-refractivity contribution in [3.05, 3.63) is 70.3 Å². The number of hydrogen-bond acceptors (Lipinski definition) is 5. The smallest absolute Gasteiger partial charge is 0.261 e. The van der Waals surface area contributed by atoms with Crippen molar-refractivity contribution in [1.29, 1.82) is 0 Å². The number of rotatable bonds is 8. The molecule has 8 nitrogen and oxygen atoms in total. The van der Waals surface area contributed by atoms with Gasteiger partial charge >= 0.3 is 0 Å². The number of nitrogens with one attached hydrogen (secondary N) is 1. The van der Waals surface area contributed by atoms with E-state index in [1.54, 1.807) is 31.4 Å². The van der Waals surface area contributed by atoms with E-state index in [1.165, 1.54) is 23.1 Å². The second-order valence-electron chi connectivity index (χ2n) is 6.61. The van der Waals surface area contributed by atoms with E-state index >= 15 is 0 Å². The Morgan fingerprint density at radius 2 is 1.66 bits per heavy atom. The predicted octanol–water partition coefficient (Wildman–Crippen LogP) is 1.35. The third kappa shape index (κ3) is 4.33. The number of ether oxygens (including phenoxy) is 1. The Morgan fingerprint density at radius 3 is 2.31 bits per heavy atom. The van der Waals surface area contributed by atoms with Crippen LogP contribution in [-0.2, 0) is 11.3 Å². The summed E-state index contributed by atoms with van der Waals surface area (Å²) in [6.45, 7) is 0.954. The van der Waals surface area contributed by atoms with E-state index in [2.05, 4.69) is 5.32 Å². The maximum atomic E-state index is 12.5. The Hall–Kier alpha value is -3.52. The number of fused-ring (bicyclic) bond motifs is 1. The summed E-state index contributed by atoms with van der Waals surface area (Å²) < 4.78 is 4.96. The van der Waals surface area contributed by atoms with E-state index in [1.807, 2.05) is 0 Å². The molecule has 0 aromatic heterocycles. The zero-order valence-corrected chi connectivity index (χ0v) is 15.9. The molecule has 0 atom stereocenters. The van der Waals surface area contributed by atoms with Crippen LogP contribution in [0, 0.1) is 0 Å². The van der Waals surface area contributed by atoms with Gasteiger partial charge in [-0.05, 0) is 42.3 Å². The number of carbonyl (C=O) groups is 4. The molecule has 8 heteroatoms. The summed E-state index contributed by atoms with van der Waals surface area (Å²) in [6.07, 6.45) is 0.545. The monoisotopic (exact) mass is 395 g/mol. The van der Waals surface area contributed by atoms with Crippen LogP contribution in [0.3, 0.4) is 0 Å². The summed E-state index contributed by atoms with van der Waals surface area (Å²) in [5.41, 5.74) is 7.19. The van der Waals surface area contributed by atoms with Gasteiger partial charge in [-0.3, -0.25) is 24.1 Å². The van der Waals surface area contributed by atoms with Gasteiger partial charge in [-0.15, -0.1) is 0 Å². The van der Waals surface area contributed by atoms with Crippen molar-refractivity contribution in [2.24, 2.45) is 5.73 Å². The van der Waals surface area contributed by atoms with Crippen molar-refractivity contribution < 1.29 is 23.9 Å². The molecule has 2 aromatic carbocycles. The molecular weight excluding hydrogens is 374 g/mol. The molecule has 1 aliphatic rings. The molecule has 1 heterocycles. The molecule has 4 amide bonds. The highest BCUT2D eigenvalue weighted by Gasteiger charge is 2.35. The van der Waals surface area contributed by atoms with Crippen LogP contribution in [0.4, 0.5) is 0 Å². The first kappa shape index (κ1) is 20.2. The average molecular weight is 395 g/mol. The number of amides is 4. The lowest BCUT2D eigenvalue weighted by atomic mass is 10.1. The fourth-order valence-corrected chi connectivity index (χ4v) is 3.07. The SMILES string of the molecule is COCCCN1C(=O)c2ccc(C(=O)NCc3ccc(C(N)=O)cc3)cc2C1=O. The minimum Gasteiger partial charge on any atom is -0.385 e. The molecule has 0 fully saturated rings. The first-order valence-electron chi connectivity index (χ1n) is 9.08. The van der Waals surface area contributed by atoms with Crippen molar-refractivity contribution in [2.75, 3.05) is 20.3 Å². The van der Waals surface area contributed by atoms with Gasteiger partial charge in [-0.25, -0.2) is 0 Å². The van der Waals surface area contributed by atoms with Crippen molar-refractivity contribution in [3.8, 4) is 0 Å². The molecule has 1 aliphatic heterocycles. The summed E-state index contributed by atoms with van der Waals surface area (Å²) in [4.78, 5) is 49.7. The molecule has 29 heavy (non-hydrogen) atoms. The normalized spacial score (nSPS) is 12.8. The van der Waals surface area contributed by atoms with Crippen LogP contribution in [-0.4, -0.2) is 48.8 Å². The predicted molar refractivity (Wildman–Crippen MR) is 104 cm³/mol. The third-order valence-corrected chi connectivity index (χ3v) is 4.65. The summed E-state index contributed by atoms with van der Waals surface area (Å²) in [6, 6.07) is 11.0. The fraction of sp³-hybridized carbons (Fsp3) is 0.238. The number of methoxy groups -OCH3 is 1. The maximum absolute atomic E-state index is 12.5. The topological polar surface area (TPSA) is 119 Å². The van der Waals surface area contributed by atoms with E-state index in [0.29, 0.717) is 24.2 Å². The number of hydrogen-bond donors (Lipinski definition) is 2. The summed E-state index contributed by atoms with van der Waals surface area (Å²) in [5.74, 6) is -1.65. The maximum Gasteiger partial charge on any atom is 0.261 e. The summed E-state index contributed by atoms with van der Waals surface area (Å²) >= 11 is 0. The van der Waals surface area contributed by atoms with Crippen LogP contribution in [0.2, 0.25) is 0 Å². The van der Waals surface area contributed by atoms with E-state index < -0.39 is 11.8 Å². The van der Waals surface area contributed by atoms with Crippen LogP contribution in [0.5, 0.6) is 0 Å². The van der Waals surface area contributed by atoms with Gasteiger partial charge in [-0.1, -0.05) is 12.1 Å². The van der Waals surface area contributed by atoms with Gasteiger partial charge in [0.05, 0.1) is 11.1 Å². The third-order valence-electron chi connectivity index (χ3n) is 4.65. The molecule has 0 spiro atoms. The molecule has 0 unspecified atom stereocenters. The van der Waals surface area contributed by atoms with Gasteiger partial charge in [0.15, 0.2) is 0 Å². The Kier molecular flexibility index (Phi) is 6.04. The minimum atomic E-state index is -0.519. The molecule has 150 valence electrons. The van der Waals surface area contributed by atoms with Crippen LogP contribution in [0.15, 0.2) is 42.5 Å². The number of benzene rings is 2.